The second kappa shape index (κ2) is 11.3. The number of pyridine rings is 2. The fourth-order valence-corrected chi connectivity index (χ4v) is 5.49. The van der Waals surface area contributed by atoms with E-state index >= 15 is 0 Å². The zero-order valence-corrected chi connectivity index (χ0v) is 25.1. The van der Waals surface area contributed by atoms with E-state index in [9.17, 15) is 31.6 Å². The van der Waals surface area contributed by atoms with Crippen LogP contribution in [-0.4, -0.2) is 44.1 Å². The van der Waals surface area contributed by atoms with Gasteiger partial charge in [0.05, 0.1) is 39.4 Å². The van der Waals surface area contributed by atoms with Crippen molar-refractivity contribution in [3.63, 3.8) is 0 Å². The van der Waals surface area contributed by atoms with E-state index in [2.05, 4.69) is 30.9 Å². The van der Waals surface area contributed by atoms with E-state index in [4.69, 9.17) is 11.6 Å². The monoisotopic (exact) mass is 658 g/mol. The number of benzene rings is 2. The van der Waals surface area contributed by atoms with Crippen molar-refractivity contribution in [1.29, 1.82) is 5.26 Å². The average Bonchev–Trinajstić information content (AvgIpc) is 3.69. The van der Waals surface area contributed by atoms with Crippen molar-refractivity contribution in [2.45, 2.75) is 50.9 Å². The zero-order chi connectivity index (χ0) is 33.0. The summed E-state index contributed by atoms with van der Waals surface area (Å²) in [5.74, 6) is -0.572. The lowest BCUT2D eigenvalue weighted by atomic mass is 9.92. The number of nitrogens with zero attached hydrogens (tertiary/aromatic N) is 6. The molecular formula is C31H25ClF6N8. The largest absolute Gasteiger partial charge is 0.395 e. The van der Waals surface area contributed by atoms with Gasteiger partial charge < -0.3 is 10.6 Å². The van der Waals surface area contributed by atoms with Crippen LogP contribution in [0.5, 0.6) is 0 Å². The Hall–Kier alpha value is -4.64. The zero-order valence-electron chi connectivity index (χ0n) is 24.3. The highest BCUT2D eigenvalue weighted by Crippen LogP contribution is 2.48. The van der Waals surface area contributed by atoms with E-state index in [1.54, 1.807) is 18.2 Å². The lowest BCUT2D eigenvalue weighted by Gasteiger charge is -2.28. The van der Waals surface area contributed by atoms with Crippen molar-refractivity contribution in [3.8, 4) is 6.07 Å². The molecule has 238 valence electrons. The molecule has 6 rings (SSSR count). The molecule has 1 atom stereocenters. The van der Waals surface area contributed by atoms with Gasteiger partial charge in [0, 0.05) is 35.4 Å². The van der Waals surface area contributed by atoms with Crippen LogP contribution in [0, 0.1) is 22.6 Å². The Labute approximate surface area is 263 Å². The maximum Gasteiger partial charge on any atom is 0.395 e. The first-order chi connectivity index (χ1) is 21.8. The quantitative estimate of drug-likeness (QED) is 0.155. The van der Waals surface area contributed by atoms with E-state index in [0.717, 1.165) is 18.5 Å². The van der Waals surface area contributed by atoms with Crippen LogP contribution < -0.4 is 10.6 Å². The molecule has 3 aromatic heterocycles. The molecule has 1 unspecified atom stereocenters. The van der Waals surface area contributed by atoms with Crippen LogP contribution in [0.4, 0.5) is 37.7 Å². The predicted molar refractivity (Wildman–Crippen MR) is 160 cm³/mol. The van der Waals surface area contributed by atoms with E-state index < -0.39 is 42.0 Å². The number of nitriles is 1. The van der Waals surface area contributed by atoms with Gasteiger partial charge in [-0.3, -0.25) is 9.97 Å². The van der Waals surface area contributed by atoms with Crippen molar-refractivity contribution < 1.29 is 26.3 Å². The summed E-state index contributed by atoms with van der Waals surface area (Å²) in [7, 11) is 0. The van der Waals surface area contributed by atoms with Gasteiger partial charge >= 0.3 is 6.18 Å². The van der Waals surface area contributed by atoms with Crippen molar-refractivity contribution in [3.05, 3.63) is 82.6 Å². The molecule has 1 fully saturated rings. The summed E-state index contributed by atoms with van der Waals surface area (Å²) in [5, 5.41) is 24.8. The molecule has 2 N–H and O–H groups in total. The number of aromatic nitrogens is 5. The molecule has 1 aliphatic carbocycles. The highest BCUT2D eigenvalue weighted by atomic mass is 35.5. The van der Waals surface area contributed by atoms with Gasteiger partial charge in [0.1, 0.15) is 28.6 Å². The molecule has 0 aliphatic heterocycles. The third-order valence-electron chi connectivity index (χ3n) is 8.33. The Morgan fingerprint density at radius 1 is 1.09 bits per heavy atom. The highest BCUT2D eigenvalue weighted by Gasteiger charge is 2.54. The molecule has 1 aliphatic rings. The first-order valence-electron chi connectivity index (χ1n) is 14.1. The average molecular weight is 659 g/mol. The number of hydrogen-bond acceptors (Lipinski definition) is 7. The normalized spacial score (nSPS) is 15.2. The van der Waals surface area contributed by atoms with E-state index in [-0.39, 0.29) is 51.2 Å². The van der Waals surface area contributed by atoms with Gasteiger partial charge in [0.15, 0.2) is 0 Å². The molecule has 0 spiro atoms. The van der Waals surface area contributed by atoms with Crippen LogP contribution in [0.2, 0.25) is 5.02 Å². The molecule has 2 aromatic carbocycles. The van der Waals surface area contributed by atoms with Crippen LogP contribution >= 0.6 is 11.6 Å². The lowest BCUT2D eigenvalue weighted by Crippen LogP contribution is -2.38. The Balaban J connectivity index is 1.48. The summed E-state index contributed by atoms with van der Waals surface area (Å²) in [6.07, 6.45) is -2.68. The molecule has 0 bridgehead atoms. The lowest BCUT2D eigenvalue weighted by molar-refractivity contribution is -0.206. The SMILES string of the molecule is CC(C)(CNc1c(C#N)cnc2c(Cl)cc(NC(c3cn(C4(C(F)F)CC4)nn3)c3ccc(F)c4ncccc34)cc12)C(F)(F)F. The van der Waals surface area contributed by atoms with Gasteiger partial charge in [-0.25, -0.2) is 17.9 Å². The molecule has 1 saturated carbocycles. The molecule has 46 heavy (non-hydrogen) atoms. The number of alkyl halides is 5. The fourth-order valence-electron chi connectivity index (χ4n) is 5.22. The summed E-state index contributed by atoms with van der Waals surface area (Å²) in [5.41, 5.74) is -2.16. The third-order valence-corrected chi connectivity index (χ3v) is 8.62. The minimum atomic E-state index is -4.53. The Kier molecular flexibility index (Phi) is 7.71. The Morgan fingerprint density at radius 2 is 1.85 bits per heavy atom. The van der Waals surface area contributed by atoms with Crippen LogP contribution in [0.1, 0.15) is 49.6 Å². The van der Waals surface area contributed by atoms with Gasteiger partial charge in [0.25, 0.3) is 6.43 Å². The summed E-state index contributed by atoms with van der Waals surface area (Å²) in [6, 6.07) is 10.1. The van der Waals surface area contributed by atoms with E-state index in [1.165, 1.54) is 36.8 Å². The molecule has 5 aromatic rings. The summed E-state index contributed by atoms with van der Waals surface area (Å²) >= 11 is 6.62. The summed E-state index contributed by atoms with van der Waals surface area (Å²) in [6.45, 7) is 1.52. The third kappa shape index (κ3) is 5.42. The maximum absolute atomic E-state index is 14.8. The molecule has 8 nitrogen and oxygen atoms in total. The second-order valence-corrected chi connectivity index (χ2v) is 12.3. The molecule has 3 heterocycles. The first kappa shape index (κ1) is 31.3. The van der Waals surface area contributed by atoms with Gasteiger partial charge in [-0.2, -0.15) is 18.4 Å². The first-order valence-corrected chi connectivity index (χ1v) is 14.5. The molecule has 15 heteroatoms. The van der Waals surface area contributed by atoms with Crippen molar-refractivity contribution in [2.75, 3.05) is 17.2 Å². The Bertz CT molecular complexity index is 2000. The maximum atomic E-state index is 14.8. The van der Waals surface area contributed by atoms with Gasteiger partial charge in [-0.05, 0) is 56.5 Å². The van der Waals surface area contributed by atoms with E-state index in [1.807, 2.05) is 6.07 Å². The molecular weight excluding hydrogens is 634 g/mol. The van der Waals surface area contributed by atoms with Gasteiger partial charge in [-0.1, -0.05) is 28.9 Å². The second-order valence-electron chi connectivity index (χ2n) is 11.9. The standard InChI is InChI=1S/C31H25ClF6N8/c1-29(2,31(36,37)38)15-42-24-16(12-39)13-41-25-20(24)10-17(11-21(25)32)43-27(19-5-6-22(33)26-18(19)4-3-9-40-26)23-14-46(45-44-23)30(7-8-30)28(34)35/h3-6,9-11,13-14,27-28,43H,7-8,15H2,1-2H3,(H,41,42). The Morgan fingerprint density at radius 3 is 2.52 bits per heavy atom. The topological polar surface area (TPSA) is 104 Å². The molecule has 0 radical (unpaired) electrons. The number of nitrogens with one attached hydrogen (secondary N) is 2. The summed E-state index contributed by atoms with van der Waals surface area (Å²) in [4.78, 5) is 8.41. The minimum absolute atomic E-state index is 0.00415. The van der Waals surface area contributed by atoms with Crippen molar-refractivity contribution >= 4 is 44.8 Å². The fraction of sp³-hybridized carbons (Fsp3) is 0.323. The molecule has 0 amide bonds. The van der Waals surface area contributed by atoms with Crippen molar-refractivity contribution in [2.24, 2.45) is 5.41 Å². The number of hydrogen-bond donors (Lipinski definition) is 2. The van der Waals surface area contributed by atoms with Crippen LogP contribution in [-0.2, 0) is 5.54 Å². The number of anilines is 2. The van der Waals surface area contributed by atoms with Gasteiger partial charge in [0.2, 0.25) is 0 Å². The number of rotatable bonds is 9. The number of fused-ring (bicyclic) bond motifs is 2. The van der Waals surface area contributed by atoms with E-state index in [0.29, 0.717) is 16.6 Å². The smallest absolute Gasteiger partial charge is 0.382 e. The van der Waals surface area contributed by atoms with Crippen LogP contribution in [0.3, 0.4) is 0 Å². The summed E-state index contributed by atoms with van der Waals surface area (Å²) < 4.78 is 84.7. The number of halogens is 7. The van der Waals surface area contributed by atoms with Crippen LogP contribution in [0.15, 0.2) is 55.0 Å². The highest BCUT2D eigenvalue weighted by molar-refractivity contribution is 6.35. The van der Waals surface area contributed by atoms with Crippen LogP contribution in [0.25, 0.3) is 21.8 Å². The molecule has 0 saturated heterocycles. The van der Waals surface area contributed by atoms with Gasteiger partial charge in [-0.15, -0.1) is 5.10 Å². The predicted octanol–water partition coefficient (Wildman–Crippen LogP) is 7.99. The van der Waals surface area contributed by atoms with Crippen molar-refractivity contribution in [1.82, 2.24) is 25.0 Å². The minimum Gasteiger partial charge on any atom is -0.382 e.